The third-order valence-corrected chi connectivity index (χ3v) is 4.26. The summed E-state index contributed by atoms with van der Waals surface area (Å²) < 4.78 is 16.0. The molecule has 6 heteroatoms. The van der Waals surface area contributed by atoms with Crippen molar-refractivity contribution in [1.82, 2.24) is 15.1 Å². The summed E-state index contributed by atoms with van der Waals surface area (Å²) in [6.07, 6.45) is 1.62. The van der Waals surface area contributed by atoms with Crippen molar-refractivity contribution in [2.45, 2.75) is 25.9 Å². The van der Waals surface area contributed by atoms with Crippen LogP contribution in [0.25, 0.3) is 0 Å². The standard InChI is InChI=1S/C14H16BrClFN3/c1-8(2)20-14(10(16)7-19-20)13(18-3)9-5-4-6-11(17)12(9)15/h4-8,13,18H,1-3H3. The molecule has 1 unspecified atom stereocenters. The Bertz CT molecular complexity index is 612. The van der Waals surface area contributed by atoms with Crippen LogP contribution in [0.2, 0.25) is 5.02 Å². The summed E-state index contributed by atoms with van der Waals surface area (Å²) in [4.78, 5) is 0. The Hall–Kier alpha value is -0.910. The fraction of sp³-hybridized carbons (Fsp3) is 0.357. The van der Waals surface area contributed by atoms with Gasteiger partial charge in [-0.05, 0) is 48.5 Å². The molecule has 108 valence electrons. The maximum absolute atomic E-state index is 13.7. The maximum atomic E-state index is 13.7. The zero-order valence-corrected chi connectivity index (χ0v) is 13.8. The summed E-state index contributed by atoms with van der Waals surface area (Å²) in [5.41, 5.74) is 1.62. The molecule has 0 saturated carbocycles. The maximum Gasteiger partial charge on any atom is 0.137 e. The highest BCUT2D eigenvalue weighted by atomic mass is 79.9. The minimum Gasteiger partial charge on any atom is -0.308 e. The van der Waals surface area contributed by atoms with Gasteiger partial charge in [0.1, 0.15) is 5.82 Å². The minimum absolute atomic E-state index is 0.167. The van der Waals surface area contributed by atoms with Crippen molar-refractivity contribution in [3.63, 3.8) is 0 Å². The molecule has 0 aliphatic carbocycles. The lowest BCUT2D eigenvalue weighted by Gasteiger charge is -2.22. The summed E-state index contributed by atoms with van der Waals surface area (Å²) in [5.74, 6) is -0.297. The number of rotatable bonds is 4. The zero-order valence-electron chi connectivity index (χ0n) is 11.5. The first-order valence-corrected chi connectivity index (χ1v) is 7.48. The molecule has 0 spiro atoms. The van der Waals surface area contributed by atoms with Crippen LogP contribution >= 0.6 is 27.5 Å². The van der Waals surface area contributed by atoms with Crippen molar-refractivity contribution in [3.05, 3.63) is 51.0 Å². The Morgan fingerprint density at radius 2 is 2.10 bits per heavy atom. The molecule has 0 amide bonds. The largest absolute Gasteiger partial charge is 0.308 e. The van der Waals surface area contributed by atoms with Crippen LogP contribution in [-0.2, 0) is 0 Å². The van der Waals surface area contributed by atoms with E-state index in [4.69, 9.17) is 11.6 Å². The number of hydrogen-bond acceptors (Lipinski definition) is 2. The Balaban J connectivity index is 2.58. The first-order chi connectivity index (χ1) is 9.47. The first-order valence-electron chi connectivity index (χ1n) is 6.31. The van der Waals surface area contributed by atoms with Crippen LogP contribution in [0.1, 0.15) is 37.2 Å². The predicted molar refractivity (Wildman–Crippen MR) is 82.6 cm³/mol. The number of halogens is 3. The second-order valence-electron chi connectivity index (χ2n) is 4.78. The topological polar surface area (TPSA) is 29.9 Å². The molecule has 1 heterocycles. The molecule has 20 heavy (non-hydrogen) atoms. The van der Waals surface area contributed by atoms with E-state index >= 15 is 0 Å². The summed E-state index contributed by atoms with van der Waals surface area (Å²) >= 11 is 9.58. The third kappa shape index (κ3) is 2.75. The van der Waals surface area contributed by atoms with Gasteiger partial charge < -0.3 is 5.32 Å². The Morgan fingerprint density at radius 1 is 1.40 bits per heavy atom. The van der Waals surface area contributed by atoms with E-state index < -0.39 is 0 Å². The molecule has 0 radical (unpaired) electrons. The Labute approximate surface area is 131 Å². The van der Waals surface area contributed by atoms with E-state index in [-0.39, 0.29) is 17.9 Å². The van der Waals surface area contributed by atoms with Gasteiger partial charge in [0.15, 0.2) is 0 Å². The fourth-order valence-corrected chi connectivity index (χ4v) is 2.95. The lowest BCUT2D eigenvalue weighted by atomic mass is 10.0. The lowest BCUT2D eigenvalue weighted by molar-refractivity contribution is 0.482. The highest BCUT2D eigenvalue weighted by Crippen LogP contribution is 2.34. The number of nitrogens with one attached hydrogen (secondary N) is 1. The van der Waals surface area contributed by atoms with Gasteiger partial charge >= 0.3 is 0 Å². The molecule has 0 saturated heterocycles. The second-order valence-corrected chi connectivity index (χ2v) is 5.98. The minimum atomic E-state index is -0.297. The molecule has 3 nitrogen and oxygen atoms in total. The van der Waals surface area contributed by atoms with E-state index in [1.807, 2.05) is 31.6 Å². The van der Waals surface area contributed by atoms with Crippen molar-refractivity contribution in [3.8, 4) is 0 Å². The van der Waals surface area contributed by atoms with Crippen LogP contribution in [-0.4, -0.2) is 16.8 Å². The molecule has 2 rings (SSSR count). The lowest BCUT2D eigenvalue weighted by Crippen LogP contribution is -2.23. The van der Waals surface area contributed by atoms with Gasteiger partial charge in [-0.1, -0.05) is 23.7 Å². The quantitative estimate of drug-likeness (QED) is 0.879. The molecule has 0 aliphatic heterocycles. The molecule has 1 aromatic heterocycles. The van der Waals surface area contributed by atoms with Crippen LogP contribution in [0.3, 0.4) is 0 Å². The first kappa shape index (κ1) is 15.5. The molecule has 1 N–H and O–H groups in total. The number of nitrogens with zero attached hydrogens (tertiary/aromatic N) is 2. The average Bonchev–Trinajstić information content (AvgIpc) is 2.78. The molecule has 0 aliphatic rings. The summed E-state index contributed by atoms with van der Waals surface area (Å²) in [6, 6.07) is 4.89. The summed E-state index contributed by atoms with van der Waals surface area (Å²) in [6.45, 7) is 4.06. The van der Waals surface area contributed by atoms with Gasteiger partial charge in [-0.2, -0.15) is 5.10 Å². The van der Waals surface area contributed by atoms with E-state index in [9.17, 15) is 4.39 Å². The fourth-order valence-electron chi connectivity index (χ4n) is 2.22. The van der Waals surface area contributed by atoms with E-state index in [0.29, 0.717) is 9.50 Å². The summed E-state index contributed by atoms with van der Waals surface area (Å²) in [5, 5.41) is 8.04. The van der Waals surface area contributed by atoms with Crippen molar-refractivity contribution >= 4 is 27.5 Å². The van der Waals surface area contributed by atoms with Gasteiger partial charge in [-0.3, -0.25) is 4.68 Å². The predicted octanol–water partition coefficient (Wildman–Crippen LogP) is 4.33. The van der Waals surface area contributed by atoms with Gasteiger partial charge in [0, 0.05) is 6.04 Å². The Morgan fingerprint density at radius 3 is 2.70 bits per heavy atom. The molecule has 2 aromatic rings. The van der Waals surface area contributed by atoms with Gasteiger partial charge in [0.25, 0.3) is 0 Å². The van der Waals surface area contributed by atoms with Gasteiger partial charge in [-0.25, -0.2) is 4.39 Å². The number of hydrogen-bond donors (Lipinski definition) is 1. The normalized spacial score (nSPS) is 12.9. The van der Waals surface area contributed by atoms with Gasteiger partial charge in [0.05, 0.1) is 27.4 Å². The third-order valence-electron chi connectivity index (χ3n) is 3.13. The van der Waals surface area contributed by atoms with Gasteiger partial charge in [-0.15, -0.1) is 0 Å². The van der Waals surface area contributed by atoms with Crippen LogP contribution in [0.4, 0.5) is 4.39 Å². The zero-order chi connectivity index (χ0) is 14.9. The smallest absolute Gasteiger partial charge is 0.137 e. The average molecular weight is 361 g/mol. The van der Waals surface area contributed by atoms with E-state index in [2.05, 4.69) is 26.3 Å². The summed E-state index contributed by atoms with van der Waals surface area (Å²) in [7, 11) is 1.82. The second kappa shape index (κ2) is 6.24. The number of aromatic nitrogens is 2. The van der Waals surface area contributed by atoms with Crippen molar-refractivity contribution < 1.29 is 4.39 Å². The van der Waals surface area contributed by atoms with Crippen molar-refractivity contribution in [1.29, 1.82) is 0 Å². The molecule has 0 fully saturated rings. The van der Waals surface area contributed by atoms with E-state index in [1.165, 1.54) is 6.07 Å². The van der Waals surface area contributed by atoms with E-state index in [1.54, 1.807) is 12.3 Å². The molecule has 1 aromatic carbocycles. The van der Waals surface area contributed by atoms with Crippen molar-refractivity contribution in [2.24, 2.45) is 0 Å². The highest BCUT2D eigenvalue weighted by molar-refractivity contribution is 9.10. The van der Waals surface area contributed by atoms with E-state index in [0.717, 1.165) is 11.3 Å². The molecular weight excluding hydrogens is 345 g/mol. The Kier molecular flexibility index (Phi) is 4.83. The van der Waals surface area contributed by atoms with Gasteiger partial charge in [0.2, 0.25) is 0 Å². The molecule has 0 bridgehead atoms. The van der Waals surface area contributed by atoms with Crippen LogP contribution in [0.5, 0.6) is 0 Å². The van der Waals surface area contributed by atoms with Crippen LogP contribution < -0.4 is 5.32 Å². The van der Waals surface area contributed by atoms with Crippen LogP contribution in [0, 0.1) is 5.82 Å². The van der Waals surface area contributed by atoms with Crippen molar-refractivity contribution in [2.75, 3.05) is 7.05 Å². The monoisotopic (exact) mass is 359 g/mol. The number of benzene rings is 1. The molecular formula is C14H16BrClFN3. The SMILES string of the molecule is CNC(c1cccc(F)c1Br)c1c(Cl)cnn1C(C)C. The highest BCUT2D eigenvalue weighted by Gasteiger charge is 2.24. The van der Waals surface area contributed by atoms with Crippen LogP contribution in [0.15, 0.2) is 28.9 Å². The molecule has 1 atom stereocenters.